The van der Waals surface area contributed by atoms with Crippen molar-refractivity contribution in [1.82, 2.24) is 0 Å². The Balaban J connectivity index is 2.39. The number of aryl methyl sites for hydroxylation is 2. The number of hydrogen-bond acceptors (Lipinski definition) is 2. The van der Waals surface area contributed by atoms with Crippen molar-refractivity contribution >= 4 is 22.9 Å². The molecule has 0 fully saturated rings. The van der Waals surface area contributed by atoms with Gasteiger partial charge in [0.2, 0.25) is 0 Å². The minimum Gasteiger partial charge on any atom is -0.320 e. The van der Waals surface area contributed by atoms with E-state index in [0.717, 1.165) is 25.9 Å². The fourth-order valence-corrected chi connectivity index (χ4v) is 2.99. The summed E-state index contributed by atoms with van der Waals surface area (Å²) >= 11 is 7.46. The zero-order valence-electron chi connectivity index (χ0n) is 9.63. The first-order valence-electron chi connectivity index (χ1n) is 5.26. The number of rotatable bonds is 2. The van der Waals surface area contributed by atoms with Crippen molar-refractivity contribution < 1.29 is 4.39 Å². The first kappa shape index (κ1) is 12.6. The van der Waals surface area contributed by atoms with E-state index in [1.54, 1.807) is 0 Å². The summed E-state index contributed by atoms with van der Waals surface area (Å²) in [5.74, 6) is -0.255. The van der Waals surface area contributed by atoms with E-state index in [9.17, 15) is 4.39 Å². The van der Waals surface area contributed by atoms with Gasteiger partial charge in [-0.05, 0) is 48.7 Å². The third-order valence-electron chi connectivity index (χ3n) is 2.61. The molecular formula is C13H13ClFNS. The average molecular weight is 270 g/mol. The van der Waals surface area contributed by atoms with E-state index in [-0.39, 0.29) is 11.9 Å². The van der Waals surface area contributed by atoms with E-state index in [1.807, 2.05) is 26.0 Å². The van der Waals surface area contributed by atoms with Gasteiger partial charge in [-0.15, -0.1) is 11.3 Å². The molecule has 2 rings (SSSR count). The molecule has 1 heterocycles. The first-order valence-corrected chi connectivity index (χ1v) is 6.45. The molecule has 0 bridgehead atoms. The van der Waals surface area contributed by atoms with Gasteiger partial charge in [0.1, 0.15) is 5.82 Å². The maximum Gasteiger partial charge on any atom is 0.123 e. The molecule has 2 aromatic rings. The highest BCUT2D eigenvalue weighted by Gasteiger charge is 2.14. The second kappa shape index (κ2) is 4.77. The predicted octanol–water partition coefficient (Wildman–Crippen LogP) is 4.21. The second-order valence-electron chi connectivity index (χ2n) is 4.15. The van der Waals surface area contributed by atoms with Gasteiger partial charge < -0.3 is 5.73 Å². The Labute approximate surface area is 109 Å². The van der Waals surface area contributed by atoms with E-state index in [2.05, 4.69) is 0 Å². The molecule has 1 nitrogen and oxygen atoms in total. The lowest BCUT2D eigenvalue weighted by molar-refractivity contribution is 0.622. The zero-order valence-corrected chi connectivity index (χ0v) is 11.2. The third kappa shape index (κ3) is 2.68. The van der Waals surface area contributed by atoms with Crippen molar-refractivity contribution in [3.8, 4) is 0 Å². The number of hydrogen-bond donors (Lipinski definition) is 1. The number of thiophene rings is 1. The molecule has 2 N–H and O–H groups in total. The molecule has 0 amide bonds. The van der Waals surface area contributed by atoms with Gasteiger partial charge in [0.25, 0.3) is 0 Å². The van der Waals surface area contributed by atoms with Gasteiger partial charge in [0.15, 0.2) is 0 Å². The monoisotopic (exact) mass is 269 g/mol. The fraction of sp³-hybridized carbons (Fsp3) is 0.231. The van der Waals surface area contributed by atoms with Gasteiger partial charge in [0, 0.05) is 4.88 Å². The Morgan fingerprint density at radius 3 is 2.47 bits per heavy atom. The summed E-state index contributed by atoms with van der Waals surface area (Å²) in [5, 5.41) is 0. The molecule has 1 aromatic heterocycles. The Morgan fingerprint density at radius 1 is 1.24 bits per heavy atom. The number of benzene rings is 1. The normalized spacial score (nSPS) is 12.8. The van der Waals surface area contributed by atoms with Crippen molar-refractivity contribution in [2.45, 2.75) is 19.9 Å². The summed E-state index contributed by atoms with van der Waals surface area (Å²) < 4.78 is 14.0. The van der Waals surface area contributed by atoms with Crippen LogP contribution in [-0.2, 0) is 0 Å². The van der Waals surface area contributed by atoms with E-state index in [0.29, 0.717) is 0 Å². The van der Waals surface area contributed by atoms with Crippen molar-refractivity contribution in [3.63, 3.8) is 0 Å². The van der Waals surface area contributed by atoms with Crippen LogP contribution in [-0.4, -0.2) is 0 Å². The summed E-state index contributed by atoms with van der Waals surface area (Å²) in [5.41, 5.74) is 8.78. The first-order chi connectivity index (χ1) is 7.97. The molecule has 4 heteroatoms. The van der Waals surface area contributed by atoms with Crippen LogP contribution in [0.2, 0.25) is 4.34 Å². The van der Waals surface area contributed by atoms with Gasteiger partial charge in [-0.25, -0.2) is 4.39 Å². The quantitative estimate of drug-likeness (QED) is 0.869. The standard InChI is InChI=1S/C13H13ClFNS/c1-7-3-9(6-10(15)4-7)12(16)11-5-8(2)13(14)17-11/h3-6,12H,16H2,1-2H3. The van der Waals surface area contributed by atoms with E-state index in [1.165, 1.54) is 23.5 Å². The highest BCUT2D eigenvalue weighted by atomic mass is 35.5. The Hall–Kier alpha value is -0.900. The van der Waals surface area contributed by atoms with Gasteiger partial charge in [-0.3, -0.25) is 0 Å². The van der Waals surface area contributed by atoms with Crippen molar-refractivity contribution in [1.29, 1.82) is 0 Å². The van der Waals surface area contributed by atoms with Crippen LogP contribution >= 0.6 is 22.9 Å². The molecule has 1 unspecified atom stereocenters. The van der Waals surface area contributed by atoms with Gasteiger partial charge in [-0.1, -0.05) is 17.7 Å². The molecule has 0 aliphatic rings. The van der Waals surface area contributed by atoms with Crippen LogP contribution in [0.4, 0.5) is 4.39 Å². The topological polar surface area (TPSA) is 26.0 Å². The lowest BCUT2D eigenvalue weighted by Gasteiger charge is -2.11. The van der Waals surface area contributed by atoms with E-state index in [4.69, 9.17) is 17.3 Å². The summed E-state index contributed by atoms with van der Waals surface area (Å²) in [7, 11) is 0. The molecule has 0 aliphatic heterocycles. The second-order valence-corrected chi connectivity index (χ2v) is 5.83. The molecule has 90 valence electrons. The summed E-state index contributed by atoms with van der Waals surface area (Å²) in [4.78, 5) is 0.956. The molecular weight excluding hydrogens is 257 g/mol. The van der Waals surface area contributed by atoms with Crippen LogP contribution in [0, 0.1) is 19.7 Å². The molecule has 1 atom stereocenters. The number of halogens is 2. The highest BCUT2D eigenvalue weighted by Crippen LogP contribution is 2.33. The highest BCUT2D eigenvalue weighted by molar-refractivity contribution is 7.16. The van der Waals surface area contributed by atoms with Crippen LogP contribution in [0.1, 0.15) is 27.6 Å². The van der Waals surface area contributed by atoms with Crippen LogP contribution in [0.15, 0.2) is 24.3 Å². The maximum atomic E-state index is 13.3. The van der Waals surface area contributed by atoms with Gasteiger partial charge in [-0.2, -0.15) is 0 Å². The average Bonchev–Trinajstić information content (AvgIpc) is 2.57. The van der Waals surface area contributed by atoms with Crippen LogP contribution in [0.25, 0.3) is 0 Å². The van der Waals surface area contributed by atoms with E-state index < -0.39 is 0 Å². The van der Waals surface area contributed by atoms with Crippen molar-refractivity contribution in [2.75, 3.05) is 0 Å². The molecule has 0 spiro atoms. The minimum atomic E-state index is -0.319. The van der Waals surface area contributed by atoms with E-state index >= 15 is 0 Å². The molecule has 0 saturated carbocycles. The van der Waals surface area contributed by atoms with Gasteiger partial charge >= 0.3 is 0 Å². The molecule has 1 aromatic carbocycles. The molecule has 0 saturated heterocycles. The van der Waals surface area contributed by atoms with Crippen molar-refractivity contribution in [3.05, 3.63) is 56.0 Å². The SMILES string of the molecule is Cc1cc(F)cc(C(N)c2cc(C)c(Cl)s2)c1. The van der Waals surface area contributed by atoms with Gasteiger partial charge in [0.05, 0.1) is 10.4 Å². The Morgan fingerprint density at radius 2 is 1.94 bits per heavy atom. The lowest BCUT2D eigenvalue weighted by Crippen LogP contribution is -2.10. The van der Waals surface area contributed by atoms with Crippen LogP contribution < -0.4 is 5.73 Å². The smallest absolute Gasteiger partial charge is 0.123 e. The molecule has 17 heavy (non-hydrogen) atoms. The summed E-state index contributed by atoms with van der Waals surface area (Å²) in [6, 6.07) is 6.50. The number of nitrogens with two attached hydrogens (primary N) is 1. The van der Waals surface area contributed by atoms with Crippen molar-refractivity contribution in [2.24, 2.45) is 5.73 Å². The molecule has 0 radical (unpaired) electrons. The fourth-order valence-electron chi connectivity index (χ4n) is 1.75. The summed E-state index contributed by atoms with van der Waals surface area (Å²) in [6.07, 6.45) is 0. The van der Waals surface area contributed by atoms with Crippen LogP contribution in [0.3, 0.4) is 0 Å². The lowest BCUT2D eigenvalue weighted by atomic mass is 10.0. The largest absolute Gasteiger partial charge is 0.320 e. The minimum absolute atomic E-state index is 0.255. The third-order valence-corrected chi connectivity index (χ3v) is 4.24. The predicted molar refractivity (Wildman–Crippen MR) is 71.2 cm³/mol. The summed E-state index contributed by atoms with van der Waals surface area (Å²) in [6.45, 7) is 3.79. The Kier molecular flexibility index (Phi) is 3.52. The Bertz CT molecular complexity index is 511. The maximum absolute atomic E-state index is 13.3. The zero-order chi connectivity index (χ0) is 12.6. The molecule has 0 aliphatic carbocycles. The van der Waals surface area contributed by atoms with Crippen LogP contribution in [0.5, 0.6) is 0 Å².